The van der Waals surface area contributed by atoms with Gasteiger partial charge in [0.15, 0.2) is 23.2 Å². The summed E-state index contributed by atoms with van der Waals surface area (Å²) in [6, 6.07) is 0.173. The molecule has 5 rings (SSSR count). The lowest BCUT2D eigenvalue weighted by atomic mass is 10.1. The number of aliphatic hydroxyl groups excluding tert-OH is 2. The molecule has 2 aromatic heterocycles. The maximum Gasteiger partial charge on any atom is 0.508 e. The summed E-state index contributed by atoms with van der Waals surface area (Å²) in [5.74, 6) is -0.927. The standard InChI is InChI=1S/C31H46ClN6O13P/c1-16(2)49-29(42)47-13-31(52(44,45)46,14-48-30(43)50-17(3)4)27(41)37(11-18-9-10-18)12-20-22(39)23(40)26(51-20)38-15-33-21-24(34-19-7-5-6-8-19)35-28(32)36-25(21)38/h15-20,22-23,26,39-40H,5-14H2,1-4H3,(H,34,35,36)(H2,44,45,46)/t20-,22-,23-,26-/m1/s1. The highest BCUT2D eigenvalue weighted by Gasteiger charge is 2.59. The summed E-state index contributed by atoms with van der Waals surface area (Å²) in [6.07, 6.45) is -2.96. The molecule has 0 radical (unpaired) electrons. The van der Waals surface area contributed by atoms with E-state index >= 15 is 0 Å². The molecule has 1 saturated heterocycles. The first-order valence-corrected chi connectivity index (χ1v) is 19.2. The van der Waals surface area contributed by atoms with Gasteiger partial charge in [0.05, 0.1) is 18.5 Å². The van der Waals surface area contributed by atoms with Gasteiger partial charge in [-0.1, -0.05) is 12.8 Å². The van der Waals surface area contributed by atoms with Crippen LogP contribution in [0, 0.1) is 5.92 Å². The molecular formula is C31H46ClN6O13P. The van der Waals surface area contributed by atoms with Gasteiger partial charge < -0.3 is 53.9 Å². The van der Waals surface area contributed by atoms with Crippen molar-refractivity contribution in [2.75, 3.05) is 31.6 Å². The number of ether oxygens (including phenoxy) is 5. The molecule has 1 amide bonds. The number of carbonyl (C=O) groups is 3. The molecule has 3 aliphatic rings. The van der Waals surface area contributed by atoms with Gasteiger partial charge in [-0.15, -0.1) is 0 Å². The van der Waals surface area contributed by atoms with E-state index in [9.17, 15) is 38.9 Å². The number of carbonyl (C=O) groups excluding carboxylic acids is 3. The van der Waals surface area contributed by atoms with Crippen LogP contribution in [0.5, 0.6) is 0 Å². The summed E-state index contributed by atoms with van der Waals surface area (Å²) in [6.45, 7) is 3.05. The highest BCUT2D eigenvalue weighted by atomic mass is 35.5. The lowest BCUT2D eigenvalue weighted by molar-refractivity contribution is -0.141. The Kier molecular flexibility index (Phi) is 12.5. The highest BCUT2D eigenvalue weighted by molar-refractivity contribution is 7.55. The van der Waals surface area contributed by atoms with Gasteiger partial charge in [-0.2, -0.15) is 9.97 Å². The third kappa shape index (κ3) is 9.24. The summed E-state index contributed by atoms with van der Waals surface area (Å²) < 4.78 is 40.7. The molecule has 21 heteroatoms. The molecule has 3 fully saturated rings. The largest absolute Gasteiger partial charge is 0.508 e. The maximum atomic E-state index is 14.4. The molecular weight excluding hydrogens is 731 g/mol. The monoisotopic (exact) mass is 776 g/mol. The van der Waals surface area contributed by atoms with Crippen LogP contribution in [0.15, 0.2) is 6.33 Å². The smallest absolute Gasteiger partial charge is 0.432 e. The predicted octanol–water partition coefficient (Wildman–Crippen LogP) is 2.73. The fourth-order valence-corrected chi connectivity index (χ4v) is 7.20. The number of hydrogen-bond acceptors (Lipinski definition) is 15. The van der Waals surface area contributed by atoms with Gasteiger partial charge in [-0.05, 0) is 70.9 Å². The Bertz CT molecular complexity index is 1620. The number of aromatic nitrogens is 4. The maximum absolute atomic E-state index is 14.4. The number of halogens is 1. The third-order valence-corrected chi connectivity index (χ3v) is 10.8. The van der Waals surface area contributed by atoms with E-state index in [2.05, 4.69) is 20.3 Å². The van der Waals surface area contributed by atoms with Gasteiger partial charge in [0, 0.05) is 19.1 Å². The van der Waals surface area contributed by atoms with Crippen molar-refractivity contribution in [2.45, 2.75) is 114 Å². The fraction of sp³-hybridized carbons (Fsp3) is 0.742. The van der Waals surface area contributed by atoms with Crippen LogP contribution in [0.4, 0.5) is 15.4 Å². The van der Waals surface area contributed by atoms with Crippen molar-refractivity contribution >= 4 is 54.4 Å². The van der Waals surface area contributed by atoms with E-state index in [1.165, 1.54) is 38.6 Å². The van der Waals surface area contributed by atoms with Crippen molar-refractivity contribution in [3.63, 3.8) is 0 Å². The van der Waals surface area contributed by atoms with Crippen molar-refractivity contribution in [3.8, 4) is 0 Å². The van der Waals surface area contributed by atoms with Gasteiger partial charge in [0.2, 0.25) is 16.3 Å². The number of imidazole rings is 1. The summed E-state index contributed by atoms with van der Waals surface area (Å²) in [5.41, 5.74) is 0.564. The van der Waals surface area contributed by atoms with Crippen LogP contribution < -0.4 is 5.32 Å². The minimum atomic E-state index is -5.65. The quantitative estimate of drug-likeness (QED) is 0.0990. The number of amides is 1. The summed E-state index contributed by atoms with van der Waals surface area (Å²) in [4.78, 5) is 74.6. The van der Waals surface area contributed by atoms with Crippen LogP contribution in [-0.4, -0.2) is 131 Å². The van der Waals surface area contributed by atoms with Crippen LogP contribution in [0.2, 0.25) is 5.28 Å². The van der Waals surface area contributed by atoms with E-state index in [1.54, 1.807) is 0 Å². The van der Waals surface area contributed by atoms with Crippen LogP contribution in [-0.2, 0) is 33.0 Å². The van der Waals surface area contributed by atoms with E-state index in [1.807, 2.05) is 0 Å². The first-order chi connectivity index (χ1) is 24.5. The minimum absolute atomic E-state index is 0.0478. The second kappa shape index (κ2) is 16.4. The molecule has 0 aromatic carbocycles. The van der Waals surface area contributed by atoms with Gasteiger partial charge in [0.25, 0.3) is 0 Å². The van der Waals surface area contributed by atoms with Crippen LogP contribution >= 0.6 is 19.2 Å². The molecule has 1 aliphatic heterocycles. The molecule has 290 valence electrons. The molecule has 4 atom stereocenters. The van der Waals surface area contributed by atoms with Crippen molar-refractivity contribution in [2.24, 2.45) is 5.92 Å². The average molecular weight is 777 g/mol. The lowest BCUT2D eigenvalue weighted by Gasteiger charge is -2.37. The Morgan fingerprint density at radius 1 is 1.00 bits per heavy atom. The van der Waals surface area contributed by atoms with Crippen LogP contribution in [0.3, 0.4) is 0 Å². The molecule has 52 heavy (non-hydrogen) atoms. The first kappa shape index (κ1) is 39.9. The molecule has 2 aromatic rings. The molecule has 0 bridgehead atoms. The van der Waals surface area contributed by atoms with Crippen molar-refractivity contribution < 1.29 is 62.6 Å². The number of nitrogens with one attached hydrogen (secondary N) is 1. The van der Waals surface area contributed by atoms with Crippen molar-refractivity contribution in [3.05, 3.63) is 11.6 Å². The van der Waals surface area contributed by atoms with Crippen molar-refractivity contribution in [1.29, 1.82) is 0 Å². The molecule has 19 nitrogen and oxygen atoms in total. The molecule has 2 aliphatic carbocycles. The topological polar surface area (TPSA) is 254 Å². The molecule has 0 unspecified atom stereocenters. The summed E-state index contributed by atoms with van der Waals surface area (Å²) >= 11 is 6.27. The van der Waals surface area contributed by atoms with Crippen LogP contribution in [0.1, 0.15) is 72.4 Å². The molecule has 5 N–H and O–H groups in total. The predicted molar refractivity (Wildman–Crippen MR) is 181 cm³/mol. The molecule has 0 spiro atoms. The van der Waals surface area contributed by atoms with Crippen LogP contribution in [0.25, 0.3) is 11.2 Å². The Labute approximate surface area is 304 Å². The van der Waals surface area contributed by atoms with E-state index in [-0.39, 0.29) is 29.4 Å². The second-order valence-electron chi connectivity index (χ2n) is 14.0. The number of rotatable bonds is 15. The number of hydrogen-bond donors (Lipinski definition) is 5. The SMILES string of the molecule is CC(C)OC(=O)OCC(COC(=O)OC(C)C)(C(=O)N(CC1CC1)C[C@H]1O[C@@H](n2cnc3c(NC4CCCC4)nc(Cl)nc32)[C@H](O)[C@@H]1O)P(=O)(O)O. The molecule has 2 saturated carbocycles. The zero-order valence-electron chi connectivity index (χ0n) is 29.3. The summed E-state index contributed by atoms with van der Waals surface area (Å²) in [5, 5.41) is 22.7. The lowest BCUT2D eigenvalue weighted by Crippen LogP contribution is -2.57. The Balaban J connectivity index is 1.42. The molecule has 3 heterocycles. The first-order valence-electron chi connectivity index (χ1n) is 17.2. The number of fused-ring (bicyclic) bond motifs is 1. The van der Waals surface area contributed by atoms with Gasteiger partial charge in [0.1, 0.15) is 31.5 Å². The summed E-state index contributed by atoms with van der Waals surface area (Å²) in [7, 11) is -5.65. The minimum Gasteiger partial charge on any atom is -0.432 e. The number of aliphatic hydroxyl groups is 2. The van der Waals surface area contributed by atoms with E-state index in [0.29, 0.717) is 24.2 Å². The van der Waals surface area contributed by atoms with Crippen molar-refractivity contribution in [1.82, 2.24) is 24.4 Å². The average Bonchev–Trinajstić information content (AvgIpc) is 3.40. The number of anilines is 1. The highest BCUT2D eigenvalue weighted by Crippen LogP contribution is 2.52. The zero-order valence-corrected chi connectivity index (χ0v) is 30.9. The van der Waals surface area contributed by atoms with E-state index < -0.39 is 87.5 Å². The van der Waals surface area contributed by atoms with Gasteiger partial charge in [-0.3, -0.25) is 13.9 Å². The number of nitrogens with zero attached hydrogens (tertiary/aromatic N) is 5. The van der Waals surface area contributed by atoms with Gasteiger partial charge >= 0.3 is 19.9 Å². The fourth-order valence-electron chi connectivity index (χ4n) is 6.18. The Morgan fingerprint density at radius 2 is 1.60 bits per heavy atom. The van der Waals surface area contributed by atoms with Gasteiger partial charge in [-0.25, -0.2) is 14.6 Å². The Hall–Kier alpha value is -3.32. The van der Waals surface area contributed by atoms with E-state index in [4.69, 9.17) is 35.3 Å². The third-order valence-electron chi connectivity index (χ3n) is 9.04. The normalized spacial score (nSPS) is 22.6. The van der Waals surface area contributed by atoms with E-state index in [0.717, 1.165) is 30.6 Å². The second-order valence-corrected chi connectivity index (χ2v) is 16.3. The zero-order chi connectivity index (χ0) is 38.0. The Morgan fingerprint density at radius 3 is 2.13 bits per heavy atom.